The lowest BCUT2D eigenvalue weighted by molar-refractivity contribution is -0.124. The molecule has 40 heavy (non-hydrogen) atoms. The number of hydrogen-bond donors (Lipinski definition) is 4. The Morgan fingerprint density at radius 2 is 1.75 bits per heavy atom. The molecule has 1 aliphatic carbocycles. The molecule has 0 saturated heterocycles. The normalized spacial score (nSPS) is 19.5. The molecule has 0 spiro atoms. The lowest BCUT2D eigenvalue weighted by Crippen LogP contribution is -2.52. The molecule has 2 atom stereocenters. The van der Waals surface area contributed by atoms with Gasteiger partial charge in [-0.25, -0.2) is 17.5 Å². The Kier molecular flexibility index (Phi) is 10.8. The Labute approximate surface area is 239 Å². The molecule has 3 rings (SSSR count). The van der Waals surface area contributed by atoms with Crippen molar-refractivity contribution in [2.75, 3.05) is 5.32 Å². The summed E-state index contributed by atoms with van der Waals surface area (Å²) in [5, 5.41) is 8.72. The Morgan fingerprint density at radius 3 is 2.35 bits per heavy atom. The monoisotopic (exact) mass is 626 g/mol. The van der Waals surface area contributed by atoms with Crippen molar-refractivity contribution >= 4 is 51.2 Å². The van der Waals surface area contributed by atoms with Gasteiger partial charge in [-0.05, 0) is 61.1 Å². The van der Waals surface area contributed by atoms with E-state index < -0.39 is 51.3 Å². The maximum absolute atomic E-state index is 14.2. The van der Waals surface area contributed by atoms with Crippen LogP contribution in [0.25, 0.3) is 0 Å². The molecule has 2 aromatic carbocycles. The topological polar surface area (TPSA) is 116 Å². The number of rotatable bonds is 11. The highest BCUT2D eigenvalue weighted by Gasteiger charge is 2.47. The summed E-state index contributed by atoms with van der Waals surface area (Å²) in [6.45, 7) is 1.76. The van der Waals surface area contributed by atoms with Crippen molar-refractivity contribution in [1.82, 2.24) is 15.4 Å². The summed E-state index contributed by atoms with van der Waals surface area (Å²) in [7, 11) is -5.46. The van der Waals surface area contributed by atoms with E-state index in [9.17, 15) is 35.6 Å². The highest BCUT2D eigenvalue weighted by Crippen LogP contribution is 2.28. The number of hydrogen-bond acceptors (Lipinski definition) is 5. The van der Waals surface area contributed by atoms with E-state index in [1.165, 1.54) is 6.07 Å². The van der Waals surface area contributed by atoms with Gasteiger partial charge in [-0.1, -0.05) is 42.3 Å². The molecule has 1 saturated carbocycles. The molecular formula is C25H28Cl2F4N4O4S. The maximum Gasteiger partial charge on any atom is 0.511 e. The summed E-state index contributed by atoms with van der Waals surface area (Å²) in [4.78, 5) is 24.5. The van der Waals surface area contributed by atoms with E-state index in [0.29, 0.717) is 17.0 Å². The third kappa shape index (κ3) is 8.29. The number of nitrogens with one attached hydrogen (secondary N) is 4. The zero-order valence-corrected chi connectivity index (χ0v) is 23.5. The van der Waals surface area contributed by atoms with Crippen LogP contribution in [-0.2, 0) is 26.2 Å². The second kappa shape index (κ2) is 13.5. The third-order valence-corrected chi connectivity index (χ3v) is 8.51. The minimum atomic E-state index is -5.46. The number of halogens is 6. The smallest absolute Gasteiger partial charge is 0.352 e. The SMILES string of the molecule is CC(c1cccc(Cl)c1)[C@@H](NCc1cc(F)c(Cl)cc1NC=O)C(=O)NC1CCC(NS(=O)(=O)C(F)(F)F)CC1. The number of sulfonamides is 1. The molecule has 0 bridgehead atoms. The molecule has 2 amide bonds. The maximum atomic E-state index is 14.2. The molecule has 15 heteroatoms. The second-order valence-electron chi connectivity index (χ2n) is 9.51. The van der Waals surface area contributed by atoms with Gasteiger partial charge in [-0.2, -0.15) is 13.2 Å². The molecule has 4 N–H and O–H groups in total. The van der Waals surface area contributed by atoms with Crippen LogP contribution >= 0.6 is 23.2 Å². The van der Waals surface area contributed by atoms with Crippen LogP contribution in [0, 0.1) is 5.82 Å². The molecule has 0 radical (unpaired) electrons. The van der Waals surface area contributed by atoms with Gasteiger partial charge in [0.25, 0.3) is 0 Å². The molecule has 8 nitrogen and oxygen atoms in total. The van der Waals surface area contributed by atoms with Crippen molar-refractivity contribution in [2.24, 2.45) is 0 Å². The van der Waals surface area contributed by atoms with Gasteiger partial charge >= 0.3 is 15.5 Å². The zero-order valence-electron chi connectivity index (χ0n) is 21.2. The Morgan fingerprint density at radius 1 is 1.10 bits per heavy atom. The zero-order chi connectivity index (χ0) is 29.7. The van der Waals surface area contributed by atoms with Crippen LogP contribution in [0.1, 0.15) is 49.7 Å². The molecule has 0 heterocycles. The average Bonchev–Trinajstić information content (AvgIpc) is 2.87. The van der Waals surface area contributed by atoms with E-state index in [-0.39, 0.29) is 42.9 Å². The summed E-state index contributed by atoms with van der Waals surface area (Å²) in [5.41, 5.74) is -4.08. The van der Waals surface area contributed by atoms with Crippen LogP contribution in [0.5, 0.6) is 0 Å². The van der Waals surface area contributed by atoms with E-state index >= 15 is 0 Å². The van der Waals surface area contributed by atoms with E-state index in [0.717, 1.165) is 11.6 Å². The number of amides is 2. The number of carbonyl (C=O) groups is 2. The molecule has 0 aromatic heterocycles. The quantitative estimate of drug-likeness (QED) is 0.211. The highest BCUT2D eigenvalue weighted by molar-refractivity contribution is 7.90. The number of carbonyl (C=O) groups excluding carboxylic acids is 2. The molecule has 220 valence electrons. The third-order valence-electron chi connectivity index (χ3n) is 6.73. The van der Waals surface area contributed by atoms with Crippen molar-refractivity contribution in [2.45, 2.75) is 68.7 Å². The van der Waals surface area contributed by atoms with E-state index in [1.807, 2.05) is 0 Å². The first-order valence-electron chi connectivity index (χ1n) is 12.3. The first-order valence-corrected chi connectivity index (χ1v) is 14.5. The van der Waals surface area contributed by atoms with Gasteiger partial charge < -0.3 is 16.0 Å². The predicted molar refractivity (Wildman–Crippen MR) is 144 cm³/mol. The minimum Gasteiger partial charge on any atom is -0.352 e. The summed E-state index contributed by atoms with van der Waals surface area (Å²) >= 11 is 12.0. The van der Waals surface area contributed by atoms with Crippen LogP contribution in [0.4, 0.5) is 23.2 Å². The molecular weight excluding hydrogens is 599 g/mol. The van der Waals surface area contributed by atoms with Crippen molar-refractivity contribution in [3.63, 3.8) is 0 Å². The number of benzene rings is 2. The van der Waals surface area contributed by atoms with Gasteiger partial charge in [0.15, 0.2) is 0 Å². The van der Waals surface area contributed by atoms with Crippen LogP contribution in [0.2, 0.25) is 10.0 Å². The Balaban J connectivity index is 1.74. The van der Waals surface area contributed by atoms with Gasteiger partial charge in [-0.3, -0.25) is 9.59 Å². The minimum absolute atomic E-state index is 0.0286. The fraction of sp³-hybridized carbons (Fsp3) is 0.440. The van der Waals surface area contributed by atoms with Crippen LogP contribution < -0.4 is 20.7 Å². The molecule has 0 aliphatic heterocycles. The molecule has 1 aliphatic rings. The summed E-state index contributed by atoms with van der Waals surface area (Å²) in [6, 6.07) is 7.12. The van der Waals surface area contributed by atoms with Crippen LogP contribution in [0.15, 0.2) is 36.4 Å². The Bertz CT molecular complexity index is 1320. The van der Waals surface area contributed by atoms with Gasteiger partial charge in [0.2, 0.25) is 12.3 Å². The summed E-state index contributed by atoms with van der Waals surface area (Å²) < 4.78 is 76.8. The fourth-order valence-corrected chi connectivity index (χ4v) is 5.73. The Hall–Kier alpha value is -2.45. The number of alkyl halides is 3. The standard InChI is InChI=1S/C25H28Cl2F4N4O4S/c1-14(15-3-2-4-17(26)9-15)23(32-12-16-10-21(28)20(27)11-22(16)33-13-36)24(37)34-18-5-7-19(8-6-18)35-40(38,39)25(29,30)31/h2-4,9-11,13-14,18-19,23,32,35H,5-8,12H2,1H3,(H,33,36)(H,34,37)/t14?,18?,19?,23-/m1/s1. The average molecular weight is 627 g/mol. The lowest BCUT2D eigenvalue weighted by Gasteiger charge is -2.32. The molecule has 1 unspecified atom stereocenters. The van der Waals surface area contributed by atoms with Crippen molar-refractivity contribution in [1.29, 1.82) is 0 Å². The van der Waals surface area contributed by atoms with Gasteiger partial charge in [0, 0.05) is 35.3 Å². The molecule has 1 fully saturated rings. The summed E-state index contributed by atoms with van der Waals surface area (Å²) in [6.07, 6.45) is 1.13. The second-order valence-corrected chi connectivity index (χ2v) is 12.1. The molecule has 2 aromatic rings. The van der Waals surface area contributed by atoms with Crippen LogP contribution in [0.3, 0.4) is 0 Å². The van der Waals surface area contributed by atoms with Crippen molar-refractivity contribution in [3.05, 3.63) is 63.4 Å². The first-order chi connectivity index (χ1) is 18.7. The van der Waals surface area contributed by atoms with Gasteiger partial charge in [0.05, 0.1) is 11.1 Å². The van der Waals surface area contributed by atoms with Gasteiger partial charge in [-0.15, -0.1) is 0 Å². The van der Waals surface area contributed by atoms with E-state index in [2.05, 4.69) is 16.0 Å². The lowest BCUT2D eigenvalue weighted by atomic mass is 9.89. The van der Waals surface area contributed by atoms with E-state index in [1.54, 1.807) is 35.9 Å². The summed E-state index contributed by atoms with van der Waals surface area (Å²) in [5.74, 6) is -1.57. The highest BCUT2D eigenvalue weighted by atomic mass is 35.5. The largest absolute Gasteiger partial charge is 0.511 e. The van der Waals surface area contributed by atoms with Gasteiger partial charge in [0.1, 0.15) is 5.82 Å². The predicted octanol–water partition coefficient (Wildman–Crippen LogP) is 4.83. The first kappa shape index (κ1) is 32.1. The van der Waals surface area contributed by atoms with Crippen LogP contribution in [-0.4, -0.2) is 44.4 Å². The van der Waals surface area contributed by atoms with E-state index in [4.69, 9.17) is 23.2 Å². The fourth-order valence-electron chi connectivity index (χ4n) is 4.56. The van der Waals surface area contributed by atoms with Crippen molar-refractivity contribution in [3.8, 4) is 0 Å². The number of anilines is 1. The van der Waals surface area contributed by atoms with Crippen molar-refractivity contribution < 1.29 is 35.6 Å².